The Morgan fingerprint density at radius 2 is 1.93 bits per heavy atom. The van der Waals surface area contributed by atoms with Crippen molar-refractivity contribution >= 4 is 17.2 Å². The normalized spacial score (nSPS) is 18.1. The highest BCUT2D eigenvalue weighted by molar-refractivity contribution is 7.08. The average Bonchev–Trinajstić information content (AvgIpc) is 2.65. The van der Waals surface area contributed by atoms with Gasteiger partial charge in [0, 0.05) is 31.6 Å². The molecule has 1 aliphatic rings. The van der Waals surface area contributed by atoms with Crippen molar-refractivity contribution in [2.75, 3.05) is 33.2 Å². The summed E-state index contributed by atoms with van der Waals surface area (Å²) in [4.78, 5) is 16.3. The minimum atomic E-state index is 0.196. The lowest BCUT2D eigenvalue weighted by molar-refractivity contribution is 0.0664. The molecule has 4 heteroatoms. The molecule has 3 nitrogen and oxygen atoms in total. The van der Waals surface area contributed by atoms with E-state index in [0.717, 1.165) is 37.3 Å². The number of carbonyl (C=O) groups is 1. The smallest absolute Gasteiger partial charge is 0.255 e. The van der Waals surface area contributed by atoms with Crippen LogP contribution >= 0.6 is 11.3 Å². The third-order valence-electron chi connectivity index (χ3n) is 2.88. The molecular formula is C11H16N2OS. The summed E-state index contributed by atoms with van der Waals surface area (Å²) in [7, 11) is 2.09. The zero-order valence-corrected chi connectivity index (χ0v) is 10.0. The van der Waals surface area contributed by atoms with Crippen molar-refractivity contribution < 1.29 is 4.79 Å². The van der Waals surface area contributed by atoms with Crippen molar-refractivity contribution in [3.8, 4) is 0 Å². The van der Waals surface area contributed by atoms with E-state index in [2.05, 4.69) is 11.9 Å². The molecular weight excluding hydrogens is 208 g/mol. The van der Waals surface area contributed by atoms with Crippen LogP contribution in [0.2, 0.25) is 0 Å². The molecule has 82 valence electrons. The average molecular weight is 224 g/mol. The topological polar surface area (TPSA) is 23.6 Å². The summed E-state index contributed by atoms with van der Waals surface area (Å²) < 4.78 is 0. The predicted octanol–water partition coefficient (Wildman–Crippen LogP) is 1.44. The lowest BCUT2D eigenvalue weighted by Crippen LogP contribution is -2.47. The maximum atomic E-state index is 12.1. The van der Waals surface area contributed by atoms with Crippen LogP contribution in [0.4, 0.5) is 0 Å². The quantitative estimate of drug-likeness (QED) is 0.721. The van der Waals surface area contributed by atoms with Gasteiger partial charge < -0.3 is 9.80 Å². The van der Waals surface area contributed by atoms with Crippen LogP contribution in [0.5, 0.6) is 0 Å². The number of piperazine rings is 1. The van der Waals surface area contributed by atoms with Crippen LogP contribution in [-0.2, 0) is 0 Å². The van der Waals surface area contributed by atoms with E-state index in [9.17, 15) is 4.79 Å². The summed E-state index contributed by atoms with van der Waals surface area (Å²) >= 11 is 1.60. The van der Waals surface area contributed by atoms with Gasteiger partial charge >= 0.3 is 0 Å². The Morgan fingerprint density at radius 3 is 2.47 bits per heavy atom. The molecule has 0 radical (unpaired) electrons. The lowest BCUT2D eigenvalue weighted by Gasteiger charge is -2.32. The molecule has 0 atom stereocenters. The molecule has 1 amide bonds. The first-order valence-corrected chi connectivity index (χ1v) is 6.13. The number of nitrogens with zero attached hydrogens (tertiary/aromatic N) is 2. The van der Waals surface area contributed by atoms with E-state index < -0.39 is 0 Å². The number of carbonyl (C=O) groups excluding carboxylic acids is 1. The molecule has 0 spiro atoms. The van der Waals surface area contributed by atoms with Crippen LogP contribution in [0.3, 0.4) is 0 Å². The van der Waals surface area contributed by atoms with E-state index in [1.165, 1.54) is 0 Å². The molecule has 2 heterocycles. The van der Waals surface area contributed by atoms with Gasteiger partial charge in [0.25, 0.3) is 5.91 Å². The molecule has 1 aliphatic heterocycles. The standard InChI is InChI=1S/C11H16N2OS/c1-9-7-15-8-10(9)11(14)13-5-3-12(2)4-6-13/h7-8H,3-6H2,1-2H3. The van der Waals surface area contributed by atoms with Crippen LogP contribution in [-0.4, -0.2) is 48.9 Å². The molecule has 0 aromatic carbocycles. The maximum absolute atomic E-state index is 12.1. The number of likely N-dealkylation sites (N-methyl/N-ethyl adjacent to an activating group) is 1. The van der Waals surface area contributed by atoms with Crippen molar-refractivity contribution in [1.29, 1.82) is 0 Å². The Labute approximate surface area is 94.3 Å². The highest BCUT2D eigenvalue weighted by Crippen LogP contribution is 2.16. The van der Waals surface area contributed by atoms with E-state index in [1.807, 2.05) is 22.6 Å². The molecule has 1 aromatic heterocycles. The number of amides is 1. The summed E-state index contributed by atoms with van der Waals surface area (Å²) in [6, 6.07) is 0. The van der Waals surface area contributed by atoms with Gasteiger partial charge in [0.1, 0.15) is 0 Å². The first-order chi connectivity index (χ1) is 7.18. The van der Waals surface area contributed by atoms with Gasteiger partial charge in [-0.15, -0.1) is 0 Å². The van der Waals surface area contributed by atoms with Gasteiger partial charge in [-0.1, -0.05) is 0 Å². The van der Waals surface area contributed by atoms with Crippen molar-refractivity contribution in [3.05, 3.63) is 21.9 Å². The molecule has 0 bridgehead atoms. The van der Waals surface area contributed by atoms with Crippen LogP contribution in [0, 0.1) is 6.92 Å². The van der Waals surface area contributed by atoms with Crippen molar-refractivity contribution in [3.63, 3.8) is 0 Å². The molecule has 1 saturated heterocycles. The van der Waals surface area contributed by atoms with Crippen molar-refractivity contribution in [2.24, 2.45) is 0 Å². The van der Waals surface area contributed by atoms with Crippen LogP contribution < -0.4 is 0 Å². The number of hydrogen-bond acceptors (Lipinski definition) is 3. The molecule has 0 N–H and O–H groups in total. The van der Waals surface area contributed by atoms with Gasteiger partial charge in [-0.25, -0.2) is 0 Å². The Kier molecular flexibility index (Phi) is 3.07. The Morgan fingerprint density at radius 1 is 1.27 bits per heavy atom. The summed E-state index contributed by atoms with van der Waals surface area (Å²) in [5.41, 5.74) is 1.98. The summed E-state index contributed by atoms with van der Waals surface area (Å²) in [6.07, 6.45) is 0. The SMILES string of the molecule is Cc1cscc1C(=O)N1CCN(C)CC1. The minimum Gasteiger partial charge on any atom is -0.336 e. The molecule has 2 rings (SSSR count). The fourth-order valence-corrected chi connectivity index (χ4v) is 2.58. The highest BCUT2D eigenvalue weighted by Gasteiger charge is 2.21. The van der Waals surface area contributed by atoms with E-state index in [-0.39, 0.29) is 5.91 Å². The lowest BCUT2D eigenvalue weighted by atomic mass is 10.2. The molecule has 1 fully saturated rings. The Bertz CT molecular complexity index is 353. The highest BCUT2D eigenvalue weighted by atomic mass is 32.1. The Balaban J connectivity index is 2.06. The number of aryl methyl sites for hydroxylation is 1. The van der Waals surface area contributed by atoms with E-state index in [1.54, 1.807) is 11.3 Å². The molecule has 0 aliphatic carbocycles. The van der Waals surface area contributed by atoms with Crippen LogP contribution in [0.25, 0.3) is 0 Å². The number of hydrogen-bond donors (Lipinski definition) is 0. The largest absolute Gasteiger partial charge is 0.336 e. The fourth-order valence-electron chi connectivity index (χ4n) is 1.76. The van der Waals surface area contributed by atoms with Crippen molar-refractivity contribution in [1.82, 2.24) is 9.80 Å². The minimum absolute atomic E-state index is 0.196. The second-order valence-electron chi connectivity index (χ2n) is 4.06. The van der Waals surface area contributed by atoms with Gasteiger partial charge in [0.15, 0.2) is 0 Å². The molecule has 1 aromatic rings. The second-order valence-corrected chi connectivity index (χ2v) is 4.81. The zero-order chi connectivity index (χ0) is 10.8. The first-order valence-electron chi connectivity index (χ1n) is 5.19. The van der Waals surface area contributed by atoms with Crippen LogP contribution in [0.1, 0.15) is 15.9 Å². The first kappa shape index (κ1) is 10.6. The molecule has 0 saturated carbocycles. The number of rotatable bonds is 1. The third-order valence-corrected chi connectivity index (χ3v) is 3.74. The number of thiophene rings is 1. The van der Waals surface area contributed by atoms with E-state index >= 15 is 0 Å². The second kappa shape index (κ2) is 4.33. The fraction of sp³-hybridized carbons (Fsp3) is 0.545. The monoisotopic (exact) mass is 224 g/mol. The van der Waals surface area contributed by atoms with E-state index in [0.29, 0.717) is 0 Å². The Hall–Kier alpha value is -0.870. The van der Waals surface area contributed by atoms with Gasteiger partial charge in [-0.3, -0.25) is 4.79 Å². The van der Waals surface area contributed by atoms with Gasteiger partial charge in [0.05, 0.1) is 5.56 Å². The summed E-state index contributed by atoms with van der Waals surface area (Å²) in [5.74, 6) is 0.196. The van der Waals surface area contributed by atoms with Gasteiger partial charge in [-0.05, 0) is 24.9 Å². The molecule has 15 heavy (non-hydrogen) atoms. The zero-order valence-electron chi connectivity index (χ0n) is 9.19. The predicted molar refractivity (Wildman–Crippen MR) is 62.5 cm³/mol. The summed E-state index contributed by atoms with van der Waals surface area (Å²) in [5, 5.41) is 3.99. The van der Waals surface area contributed by atoms with E-state index in [4.69, 9.17) is 0 Å². The van der Waals surface area contributed by atoms with Crippen molar-refractivity contribution in [2.45, 2.75) is 6.92 Å². The third kappa shape index (κ3) is 2.21. The molecule has 0 unspecified atom stereocenters. The maximum Gasteiger partial charge on any atom is 0.255 e. The van der Waals surface area contributed by atoms with Crippen LogP contribution in [0.15, 0.2) is 10.8 Å². The van der Waals surface area contributed by atoms with Gasteiger partial charge in [-0.2, -0.15) is 11.3 Å². The summed E-state index contributed by atoms with van der Waals surface area (Å²) in [6.45, 7) is 5.67. The van der Waals surface area contributed by atoms with Gasteiger partial charge in [0.2, 0.25) is 0 Å².